The van der Waals surface area contributed by atoms with E-state index in [1.807, 2.05) is 0 Å². The Morgan fingerprint density at radius 1 is 1.28 bits per heavy atom. The zero-order valence-corrected chi connectivity index (χ0v) is 11.7. The topological polar surface area (TPSA) is 41.6 Å². The molecule has 1 saturated carbocycles. The highest BCUT2D eigenvalue weighted by atomic mass is 16.5. The van der Waals surface area contributed by atoms with Crippen LogP contribution in [0.15, 0.2) is 0 Å². The quantitative estimate of drug-likeness (QED) is 0.834. The SMILES string of the molecule is COC[C@@H]1CCCN1NC(=O)C1CCC(C)CC1. The van der Waals surface area contributed by atoms with Gasteiger partial charge in [0.1, 0.15) is 0 Å². The van der Waals surface area contributed by atoms with E-state index < -0.39 is 0 Å². The van der Waals surface area contributed by atoms with Crippen molar-refractivity contribution >= 4 is 5.91 Å². The minimum atomic E-state index is 0.227. The van der Waals surface area contributed by atoms with E-state index in [9.17, 15) is 4.79 Å². The van der Waals surface area contributed by atoms with Crippen LogP contribution in [0.25, 0.3) is 0 Å². The molecule has 0 spiro atoms. The molecular weight excluding hydrogens is 228 g/mol. The second-order valence-electron chi connectivity index (χ2n) is 5.88. The van der Waals surface area contributed by atoms with Gasteiger partial charge in [0.05, 0.1) is 12.6 Å². The summed E-state index contributed by atoms with van der Waals surface area (Å²) in [5.41, 5.74) is 3.11. The van der Waals surface area contributed by atoms with Crippen LogP contribution in [-0.2, 0) is 9.53 Å². The molecule has 18 heavy (non-hydrogen) atoms. The Bertz CT molecular complexity index is 275. The first-order chi connectivity index (χ1) is 8.70. The highest BCUT2D eigenvalue weighted by Gasteiger charge is 2.29. The van der Waals surface area contributed by atoms with Gasteiger partial charge in [-0.1, -0.05) is 6.92 Å². The average molecular weight is 254 g/mol. The van der Waals surface area contributed by atoms with Gasteiger partial charge in [-0.3, -0.25) is 10.2 Å². The molecule has 1 atom stereocenters. The molecular formula is C14H26N2O2. The molecule has 104 valence electrons. The van der Waals surface area contributed by atoms with Gasteiger partial charge in [-0.15, -0.1) is 0 Å². The smallest absolute Gasteiger partial charge is 0.237 e. The summed E-state index contributed by atoms with van der Waals surface area (Å²) in [5, 5.41) is 2.09. The van der Waals surface area contributed by atoms with Crippen molar-refractivity contribution in [2.45, 2.75) is 51.5 Å². The minimum Gasteiger partial charge on any atom is -0.383 e. The van der Waals surface area contributed by atoms with Gasteiger partial charge >= 0.3 is 0 Å². The highest BCUT2D eigenvalue weighted by molar-refractivity contribution is 5.78. The van der Waals surface area contributed by atoms with Gasteiger partial charge < -0.3 is 4.74 Å². The van der Waals surface area contributed by atoms with Crippen LogP contribution in [0, 0.1) is 11.8 Å². The lowest BCUT2D eigenvalue weighted by molar-refractivity contribution is -0.132. The van der Waals surface area contributed by atoms with Crippen molar-refractivity contribution in [1.82, 2.24) is 10.4 Å². The normalized spacial score (nSPS) is 33.6. The minimum absolute atomic E-state index is 0.227. The Morgan fingerprint density at radius 2 is 2.00 bits per heavy atom. The number of rotatable bonds is 4. The number of hydrogen-bond acceptors (Lipinski definition) is 3. The standard InChI is InChI=1S/C14H26N2O2/c1-11-5-7-12(8-6-11)14(17)15-16-9-3-4-13(16)10-18-2/h11-13H,3-10H2,1-2H3,(H,15,17)/t11?,12?,13-/m0/s1. The van der Waals surface area contributed by atoms with Gasteiger partial charge in [0.15, 0.2) is 0 Å². The molecule has 4 heteroatoms. The Hall–Kier alpha value is -0.610. The number of amides is 1. The van der Waals surface area contributed by atoms with Crippen LogP contribution in [0.2, 0.25) is 0 Å². The summed E-state index contributed by atoms with van der Waals surface area (Å²) in [6.45, 7) is 3.95. The number of ether oxygens (including phenoxy) is 1. The second kappa shape index (κ2) is 6.53. The number of nitrogens with zero attached hydrogens (tertiary/aromatic N) is 1. The van der Waals surface area contributed by atoms with Crippen molar-refractivity contribution in [3.05, 3.63) is 0 Å². The third-order valence-electron chi connectivity index (χ3n) is 4.38. The van der Waals surface area contributed by atoms with Crippen molar-refractivity contribution in [2.24, 2.45) is 11.8 Å². The van der Waals surface area contributed by atoms with Crippen LogP contribution >= 0.6 is 0 Å². The summed E-state index contributed by atoms with van der Waals surface area (Å²) in [6, 6.07) is 0.362. The second-order valence-corrected chi connectivity index (χ2v) is 5.88. The molecule has 0 unspecified atom stereocenters. The predicted molar refractivity (Wildman–Crippen MR) is 70.9 cm³/mol. The number of nitrogens with one attached hydrogen (secondary N) is 1. The van der Waals surface area contributed by atoms with Gasteiger partial charge in [0.2, 0.25) is 5.91 Å². The third-order valence-corrected chi connectivity index (χ3v) is 4.38. The van der Waals surface area contributed by atoms with E-state index in [1.54, 1.807) is 7.11 Å². The molecule has 4 nitrogen and oxygen atoms in total. The molecule has 1 N–H and O–H groups in total. The molecule has 1 heterocycles. The lowest BCUT2D eigenvalue weighted by Crippen LogP contribution is -2.49. The van der Waals surface area contributed by atoms with E-state index in [0.717, 1.165) is 38.1 Å². The molecule has 0 radical (unpaired) electrons. The van der Waals surface area contributed by atoms with Gasteiger partial charge in [0, 0.05) is 19.6 Å². The Kier molecular flexibility index (Phi) is 5.01. The van der Waals surface area contributed by atoms with E-state index in [2.05, 4.69) is 17.4 Å². The lowest BCUT2D eigenvalue weighted by atomic mass is 9.83. The fraction of sp³-hybridized carbons (Fsp3) is 0.929. The number of carbonyl (C=O) groups is 1. The monoisotopic (exact) mass is 254 g/mol. The van der Waals surface area contributed by atoms with Crippen LogP contribution in [0.3, 0.4) is 0 Å². The molecule has 1 saturated heterocycles. The van der Waals surface area contributed by atoms with Crippen molar-refractivity contribution in [2.75, 3.05) is 20.3 Å². The number of hydrogen-bond donors (Lipinski definition) is 1. The van der Waals surface area contributed by atoms with Crippen LogP contribution in [0.5, 0.6) is 0 Å². The average Bonchev–Trinajstić information content (AvgIpc) is 2.78. The van der Waals surface area contributed by atoms with Crippen LogP contribution < -0.4 is 5.43 Å². The van der Waals surface area contributed by atoms with Gasteiger partial charge in [-0.25, -0.2) is 5.01 Å². The summed E-state index contributed by atoms with van der Waals surface area (Å²) >= 11 is 0. The fourth-order valence-electron chi connectivity index (χ4n) is 3.10. The number of carbonyl (C=O) groups excluding carboxylic acids is 1. The molecule has 0 aromatic heterocycles. The Balaban J connectivity index is 1.79. The summed E-state index contributed by atoms with van der Waals surface area (Å²) in [7, 11) is 1.72. The molecule has 2 rings (SSSR count). The van der Waals surface area contributed by atoms with E-state index in [4.69, 9.17) is 4.74 Å². The largest absolute Gasteiger partial charge is 0.383 e. The molecule has 0 bridgehead atoms. The van der Waals surface area contributed by atoms with E-state index in [-0.39, 0.29) is 11.8 Å². The zero-order chi connectivity index (χ0) is 13.0. The van der Waals surface area contributed by atoms with E-state index in [1.165, 1.54) is 12.8 Å². The van der Waals surface area contributed by atoms with Crippen LogP contribution in [0.4, 0.5) is 0 Å². The van der Waals surface area contributed by atoms with Crippen molar-refractivity contribution in [3.8, 4) is 0 Å². The van der Waals surface area contributed by atoms with Crippen LogP contribution in [0.1, 0.15) is 45.4 Å². The van der Waals surface area contributed by atoms with Crippen molar-refractivity contribution in [1.29, 1.82) is 0 Å². The van der Waals surface area contributed by atoms with Gasteiger partial charge in [0.25, 0.3) is 0 Å². The maximum atomic E-state index is 12.2. The Labute approximate surface area is 110 Å². The third kappa shape index (κ3) is 3.45. The van der Waals surface area contributed by atoms with Gasteiger partial charge in [-0.05, 0) is 44.4 Å². The molecule has 1 aliphatic carbocycles. The first kappa shape index (κ1) is 13.8. The number of methoxy groups -OCH3 is 1. The molecule has 1 amide bonds. The summed E-state index contributed by atoms with van der Waals surface area (Å²) < 4.78 is 5.20. The maximum absolute atomic E-state index is 12.2. The van der Waals surface area contributed by atoms with Crippen LogP contribution in [-0.4, -0.2) is 37.2 Å². The molecule has 2 aliphatic rings. The summed E-state index contributed by atoms with van der Waals surface area (Å²) in [6.07, 6.45) is 6.76. The first-order valence-corrected chi connectivity index (χ1v) is 7.26. The Morgan fingerprint density at radius 3 is 2.67 bits per heavy atom. The highest BCUT2D eigenvalue weighted by Crippen LogP contribution is 2.28. The van der Waals surface area contributed by atoms with Gasteiger partial charge in [-0.2, -0.15) is 0 Å². The summed E-state index contributed by atoms with van der Waals surface area (Å²) in [5.74, 6) is 1.25. The first-order valence-electron chi connectivity index (χ1n) is 7.26. The zero-order valence-electron chi connectivity index (χ0n) is 11.7. The van der Waals surface area contributed by atoms with Crippen molar-refractivity contribution < 1.29 is 9.53 Å². The maximum Gasteiger partial charge on any atom is 0.237 e. The number of hydrazine groups is 1. The molecule has 0 aromatic carbocycles. The van der Waals surface area contributed by atoms with E-state index in [0.29, 0.717) is 12.6 Å². The predicted octanol–water partition coefficient (Wildman–Crippen LogP) is 1.95. The fourth-order valence-corrected chi connectivity index (χ4v) is 3.10. The lowest BCUT2D eigenvalue weighted by Gasteiger charge is -2.29. The molecule has 1 aliphatic heterocycles. The van der Waals surface area contributed by atoms with E-state index >= 15 is 0 Å². The molecule has 0 aromatic rings. The molecule has 2 fully saturated rings. The van der Waals surface area contributed by atoms with Crippen molar-refractivity contribution in [3.63, 3.8) is 0 Å². The summed E-state index contributed by atoms with van der Waals surface area (Å²) in [4.78, 5) is 12.2.